The molecule has 0 heterocycles. The molecule has 0 saturated heterocycles. The Morgan fingerprint density at radius 1 is 1.24 bits per heavy atom. The number of benzene rings is 1. The molecule has 1 fully saturated rings. The van der Waals surface area contributed by atoms with Crippen LogP contribution < -0.4 is 10.6 Å². The maximum Gasteiger partial charge on any atom is 0.251 e. The minimum atomic E-state index is -0.116. The highest BCUT2D eigenvalue weighted by atomic mass is 16.5. The van der Waals surface area contributed by atoms with Crippen LogP contribution in [0.25, 0.3) is 0 Å². The first-order valence-corrected chi connectivity index (χ1v) is 9.24. The minimum absolute atomic E-state index is 0.0928. The van der Waals surface area contributed by atoms with Crippen LogP contribution in [0.4, 0.5) is 0 Å². The number of hydrogen-bond acceptors (Lipinski definition) is 3. The summed E-state index contributed by atoms with van der Waals surface area (Å²) < 4.78 is 5.77. The largest absolute Gasteiger partial charge is 0.368 e. The molecule has 2 rings (SSSR count). The lowest BCUT2D eigenvalue weighted by Gasteiger charge is -2.28. The molecule has 138 valence electrons. The zero-order chi connectivity index (χ0) is 18.2. The van der Waals surface area contributed by atoms with Crippen LogP contribution in [-0.2, 0) is 16.1 Å². The highest BCUT2D eigenvalue weighted by Crippen LogP contribution is 2.26. The van der Waals surface area contributed by atoms with Gasteiger partial charge in [-0.3, -0.25) is 9.59 Å². The molecule has 1 aliphatic carbocycles. The number of carbonyl (C=O) groups excluding carboxylic acids is 2. The Kier molecular flexibility index (Phi) is 7.44. The minimum Gasteiger partial charge on any atom is -0.368 e. The SMILES string of the molecule is CC(C)NC(=O)c1cccc(CNC(=O)COC2CCCCC2C)c1. The van der Waals surface area contributed by atoms with E-state index in [-0.39, 0.29) is 30.6 Å². The Labute approximate surface area is 150 Å². The van der Waals surface area contributed by atoms with Crippen LogP contribution in [0.1, 0.15) is 62.4 Å². The van der Waals surface area contributed by atoms with Gasteiger partial charge in [0.15, 0.2) is 0 Å². The monoisotopic (exact) mass is 346 g/mol. The summed E-state index contributed by atoms with van der Waals surface area (Å²) in [7, 11) is 0. The summed E-state index contributed by atoms with van der Waals surface area (Å²) in [5.74, 6) is 0.310. The van der Waals surface area contributed by atoms with Crippen molar-refractivity contribution in [2.75, 3.05) is 6.61 Å². The molecule has 2 N–H and O–H groups in total. The molecular weight excluding hydrogens is 316 g/mol. The van der Waals surface area contributed by atoms with E-state index in [1.807, 2.05) is 32.0 Å². The van der Waals surface area contributed by atoms with Crippen LogP contribution in [0.3, 0.4) is 0 Å². The molecule has 0 aliphatic heterocycles. The highest BCUT2D eigenvalue weighted by Gasteiger charge is 2.22. The standard InChI is InChI=1S/C20H30N2O3/c1-14(2)22-20(24)17-9-6-8-16(11-17)12-21-19(23)13-25-18-10-5-4-7-15(18)3/h6,8-9,11,14-15,18H,4-5,7,10,12-13H2,1-3H3,(H,21,23)(H,22,24). The van der Waals surface area contributed by atoms with Crippen molar-refractivity contribution in [3.63, 3.8) is 0 Å². The predicted octanol–water partition coefficient (Wildman–Crippen LogP) is 3.04. The third-order valence-corrected chi connectivity index (χ3v) is 4.56. The fraction of sp³-hybridized carbons (Fsp3) is 0.600. The van der Waals surface area contributed by atoms with Crippen molar-refractivity contribution in [2.24, 2.45) is 5.92 Å². The van der Waals surface area contributed by atoms with Gasteiger partial charge in [-0.1, -0.05) is 31.9 Å². The molecule has 1 aromatic rings. The number of rotatable bonds is 7. The van der Waals surface area contributed by atoms with Gasteiger partial charge >= 0.3 is 0 Å². The van der Waals surface area contributed by atoms with Gasteiger partial charge in [-0.05, 0) is 50.3 Å². The topological polar surface area (TPSA) is 67.4 Å². The smallest absolute Gasteiger partial charge is 0.251 e. The van der Waals surface area contributed by atoms with E-state index in [4.69, 9.17) is 4.74 Å². The molecular formula is C20H30N2O3. The zero-order valence-corrected chi connectivity index (χ0v) is 15.5. The highest BCUT2D eigenvalue weighted by molar-refractivity contribution is 5.94. The molecule has 25 heavy (non-hydrogen) atoms. The molecule has 0 aromatic heterocycles. The van der Waals surface area contributed by atoms with Crippen molar-refractivity contribution in [1.82, 2.24) is 10.6 Å². The van der Waals surface area contributed by atoms with Crippen molar-refractivity contribution in [3.05, 3.63) is 35.4 Å². The van der Waals surface area contributed by atoms with Gasteiger partial charge in [0, 0.05) is 18.2 Å². The summed E-state index contributed by atoms with van der Waals surface area (Å²) in [6.45, 7) is 6.54. The molecule has 0 bridgehead atoms. The fourth-order valence-corrected chi connectivity index (χ4v) is 3.13. The number of ether oxygens (including phenoxy) is 1. The van der Waals surface area contributed by atoms with Crippen LogP contribution in [0.2, 0.25) is 0 Å². The summed E-state index contributed by atoms with van der Waals surface area (Å²) in [6.07, 6.45) is 4.86. The van der Waals surface area contributed by atoms with E-state index in [1.165, 1.54) is 19.3 Å². The first-order chi connectivity index (χ1) is 12.0. The van der Waals surface area contributed by atoms with Gasteiger partial charge in [-0.2, -0.15) is 0 Å². The Hall–Kier alpha value is -1.88. The zero-order valence-electron chi connectivity index (χ0n) is 15.5. The molecule has 1 aliphatic rings. The maximum absolute atomic E-state index is 12.0. The van der Waals surface area contributed by atoms with Crippen molar-refractivity contribution < 1.29 is 14.3 Å². The van der Waals surface area contributed by atoms with Crippen molar-refractivity contribution in [3.8, 4) is 0 Å². The van der Waals surface area contributed by atoms with Gasteiger partial charge in [0.05, 0.1) is 6.10 Å². The third-order valence-electron chi connectivity index (χ3n) is 4.56. The van der Waals surface area contributed by atoms with Crippen LogP contribution in [0.5, 0.6) is 0 Å². The molecule has 2 amide bonds. The molecule has 2 atom stereocenters. The average Bonchev–Trinajstić information content (AvgIpc) is 2.59. The van der Waals surface area contributed by atoms with Gasteiger partial charge in [0.2, 0.25) is 5.91 Å². The molecule has 0 spiro atoms. The van der Waals surface area contributed by atoms with Gasteiger partial charge in [-0.15, -0.1) is 0 Å². The van der Waals surface area contributed by atoms with Crippen molar-refractivity contribution >= 4 is 11.8 Å². The lowest BCUT2D eigenvalue weighted by Crippen LogP contribution is -2.33. The Morgan fingerprint density at radius 3 is 2.72 bits per heavy atom. The van der Waals surface area contributed by atoms with E-state index in [1.54, 1.807) is 6.07 Å². The third kappa shape index (κ3) is 6.50. The quantitative estimate of drug-likeness (QED) is 0.797. The second kappa shape index (κ2) is 9.56. The van der Waals surface area contributed by atoms with E-state index in [0.717, 1.165) is 12.0 Å². The second-order valence-corrected chi connectivity index (χ2v) is 7.22. The fourth-order valence-electron chi connectivity index (χ4n) is 3.13. The summed E-state index contributed by atoms with van der Waals surface area (Å²) >= 11 is 0. The Bertz CT molecular complexity index is 586. The number of amides is 2. The lowest BCUT2D eigenvalue weighted by atomic mass is 9.88. The Balaban J connectivity index is 1.78. The molecule has 2 unspecified atom stereocenters. The van der Waals surface area contributed by atoms with Gasteiger partial charge in [-0.25, -0.2) is 0 Å². The first kappa shape index (κ1) is 19.4. The predicted molar refractivity (Wildman–Crippen MR) is 98.3 cm³/mol. The molecule has 0 radical (unpaired) electrons. The number of hydrogen-bond donors (Lipinski definition) is 2. The summed E-state index contributed by atoms with van der Waals surface area (Å²) in [5.41, 5.74) is 1.50. The number of carbonyl (C=O) groups is 2. The lowest BCUT2D eigenvalue weighted by molar-refractivity contribution is -0.129. The molecule has 5 nitrogen and oxygen atoms in total. The second-order valence-electron chi connectivity index (χ2n) is 7.22. The molecule has 1 aromatic carbocycles. The molecule has 5 heteroatoms. The summed E-state index contributed by atoms with van der Waals surface area (Å²) in [4.78, 5) is 24.0. The number of nitrogens with one attached hydrogen (secondary N) is 2. The van der Waals surface area contributed by atoms with E-state index >= 15 is 0 Å². The van der Waals surface area contributed by atoms with E-state index < -0.39 is 0 Å². The average molecular weight is 346 g/mol. The first-order valence-electron chi connectivity index (χ1n) is 9.24. The van der Waals surface area contributed by atoms with Crippen molar-refractivity contribution in [2.45, 2.75) is 65.1 Å². The molecule has 1 saturated carbocycles. The van der Waals surface area contributed by atoms with Gasteiger partial charge in [0.1, 0.15) is 6.61 Å². The summed E-state index contributed by atoms with van der Waals surface area (Å²) in [5, 5.41) is 5.73. The van der Waals surface area contributed by atoms with Crippen LogP contribution >= 0.6 is 0 Å². The van der Waals surface area contributed by atoms with E-state index in [2.05, 4.69) is 17.6 Å². The summed E-state index contributed by atoms with van der Waals surface area (Å²) in [6, 6.07) is 7.40. The van der Waals surface area contributed by atoms with Crippen LogP contribution in [-0.4, -0.2) is 30.6 Å². The maximum atomic E-state index is 12.0. The Morgan fingerprint density at radius 2 is 2.00 bits per heavy atom. The van der Waals surface area contributed by atoms with Crippen LogP contribution in [0.15, 0.2) is 24.3 Å². The normalized spacial score (nSPS) is 20.3. The van der Waals surface area contributed by atoms with Crippen LogP contribution in [0, 0.1) is 5.92 Å². The van der Waals surface area contributed by atoms with E-state index in [9.17, 15) is 9.59 Å². The van der Waals surface area contributed by atoms with E-state index in [0.29, 0.717) is 18.0 Å². The van der Waals surface area contributed by atoms with Crippen molar-refractivity contribution in [1.29, 1.82) is 0 Å². The van der Waals surface area contributed by atoms with Gasteiger partial charge < -0.3 is 15.4 Å². The van der Waals surface area contributed by atoms with Gasteiger partial charge in [0.25, 0.3) is 5.91 Å².